The van der Waals surface area contributed by atoms with Gasteiger partial charge in [0.25, 0.3) is 0 Å². The third-order valence-corrected chi connectivity index (χ3v) is 3.61. The third kappa shape index (κ3) is 3.83. The van der Waals surface area contributed by atoms with E-state index in [2.05, 4.69) is 15.4 Å². The van der Waals surface area contributed by atoms with Crippen molar-refractivity contribution in [3.63, 3.8) is 0 Å². The fourth-order valence-electron chi connectivity index (χ4n) is 2.39. The Morgan fingerprint density at radius 3 is 2.65 bits per heavy atom. The maximum Gasteiger partial charge on any atom is 0.225 e. The number of para-hydroxylation sites is 1. The lowest BCUT2D eigenvalue weighted by Crippen LogP contribution is -2.28. The number of carbonyl (C=O) groups excluding carboxylic acids is 1. The number of nitrogens with zero attached hydrogens (tertiary/aromatic N) is 3. The third-order valence-electron chi connectivity index (χ3n) is 3.61. The molecule has 0 aliphatic heterocycles. The number of aromatic nitrogens is 3. The summed E-state index contributed by atoms with van der Waals surface area (Å²) >= 11 is 0. The minimum atomic E-state index is -0.0466. The van der Waals surface area contributed by atoms with Crippen molar-refractivity contribution in [3.05, 3.63) is 78.4 Å². The Bertz CT molecular complexity index is 768. The van der Waals surface area contributed by atoms with Crippen LogP contribution in [0.5, 0.6) is 0 Å². The first kappa shape index (κ1) is 15.0. The van der Waals surface area contributed by atoms with Crippen molar-refractivity contribution in [3.8, 4) is 5.69 Å². The highest BCUT2D eigenvalue weighted by Gasteiger charge is 2.11. The Balaban J connectivity index is 1.61. The summed E-state index contributed by atoms with van der Waals surface area (Å²) < 4.78 is 1.77. The first-order chi connectivity index (χ1) is 11.2. The van der Waals surface area contributed by atoms with Gasteiger partial charge in [-0.05, 0) is 42.3 Å². The summed E-state index contributed by atoms with van der Waals surface area (Å²) in [6, 6.07) is 13.6. The van der Waals surface area contributed by atoms with Gasteiger partial charge in [-0.15, -0.1) is 0 Å². The van der Waals surface area contributed by atoms with E-state index in [-0.39, 0.29) is 11.9 Å². The van der Waals surface area contributed by atoms with Gasteiger partial charge in [-0.2, -0.15) is 5.10 Å². The number of rotatable bonds is 5. The largest absolute Gasteiger partial charge is 0.349 e. The molecule has 3 rings (SSSR count). The minimum absolute atomic E-state index is 0.0260. The molecule has 1 amide bonds. The summed E-state index contributed by atoms with van der Waals surface area (Å²) in [6.45, 7) is 1.96. The fraction of sp³-hybridized carbons (Fsp3) is 0.167. The second-order valence-electron chi connectivity index (χ2n) is 5.38. The smallest absolute Gasteiger partial charge is 0.225 e. The summed E-state index contributed by atoms with van der Waals surface area (Å²) in [5, 5.41) is 7.30. The van der Waals surface area contributed by atoms with Gasteiger partial charge in [-0.3, -0.25) is 9.78 Å². The zero-order valence-electron chi connectivity index (χ0n) is 12.9. The molecule has 0 unspecified atom stereocenters. The molecule has 116 valence electrons. The lowest BCUT2D eigenvalue weighted by molar-refractivity contribution is -0.121. The summed E-state index contributed by atoms with van der Waals surface area (Å²) in [7, 11) is 0. The molecular formula is C18H18N4O. The van der Waals surface area contributed by atoms with Crippen molar-refractivity contribution in [2.45, 2.75) is 19.4 Å². The molecule has 0 radical (unpaired) electrons. The molecule has 1 atom stereocenters. The van der Waals surface area contributed by atoms with Crippen molar-refractivity contribution in [1.29, 1.82) is 0 Å². The zero-order chi connectivity index (χ0) is 16.1. The molecule has 2 aromatic heterocycles. The Hall–Kier alpha value is -2.95. The number of carbonyl (C=O) groups is 1. The molecule has 1 aromatic carbocycles. The quantitative estimate of drug-likeness (QED) is 0.788. The zero-order valence-corrected chi connectivity index (χ0v) is 12.9. The highest BCUT2D eigenvalue weighted by Crippen LogP contribution is 2.11. The Labute approximate surface area is 135 Å². The molecule has 1 N–H and O–H groups in total. The van der Waals surface area contributed by atoms with Gasteiger partial charge in [0.2, 0.25) is 5.91 Å². The first-order valence-electron chi connectivity index (χ1n) is 7.50. The minimum Gasteiger partial charge on any atom is -0.349 e. The highest BCUT2D eigenvalue weighted by molar-refractivity contribution is 5.78. The van der Waals surface area contributed by atoms with E-state index >= 15 is 0 Å². The Morgan fingerprint density at radius 2 is 1.91 bits per heavy atom. The second-order valence-corrected chi connectivity index (χ2v) is 5.38. The average Bonchev–Trinajstić information content (AvgIpc) is 3.04. The molecule has 0 fully saturated rings. The van der Waals surface area contributed by atoms with E-state index in [1.54, 1.807) is 23.3 Å². The average molecular weight is 306 g/mol. The molecule has 2 heterocycles. The SMILES string of the molecule is C[C@@H](NC(=O)Cc1cnn(-c2ccccc2)c1)c1ccncc1. The van der Waals surface area contributed by atoms with Crippen molar-refractivity contribution >= 4 is 5.91 Å². The molecule has 0 spiro atoms. The molecule has 23 heavy (non-hydrogen) atoms. The summed E-state index contributed by atoms with van der Waals surface area (Å²) in [5.41, 5.74) is 2.89. The van der Waals surface area contributed by atoms with E-state index in [9.17, 15) is 4.79 Å². The number of amides is 1. The maximum absolute atomic E-state index is 12.2. The van der Waals surface area contributed by atoms with Gasteiger partial charge in [0.1, 0.15) is 0 Å². The summed E-state index contributed by atoms with van der Waals surface area (Å²) in [4.78, 5) is 16.2. The molecular weight excluding hydrogens is 288 g/mol. The highest BCUT2D eigenvalue weighted by atomic mass is 16.1. The van der Waals surface area contributed by atoms with Gasteiger partial charge >= 0.3 is 0 Å². The van der Waals surface area contributed by atoms with Gasteiger partial charge in [0, 0.05) is 18.6 Å². The molecule has 5 heteroatoms. The molecule has 0 aliphatic rings. The maximum atomic E-state index is 12.2. The van der Waals surface area contributed by atoms with Crippen LogP contribution in [0.2, 0.25) is 0 Å². The normalized spacial score (nSPS) is 11.9. The number of nitrogens with one attached hydrogen (secondary N) is 1. The van der Waals surface area contributed by atoms with Crippen LogP contribution in [-0.4, -0.2) is 20.7 Å². The number of hydrogen-bond acceptors (Lipinski definition) is 3. The van der Waals surface area contributed by atoms with Crippen LogP contribution in [0.3, 0.4) is 0 Å². The summed E-state index contributed by atoms with van der Waals surface area (Å²) in [5.74, 6) is -0.0260. The number of hydrogen-bond donors (Lipinski definition) is 1. The Morgan fingerprint density at radius 1 is 1.17 bits per heavy atom. The molecule has 0 bridgehead atoms. The molecule has 3 aromatic rings. The van der Waals surface area contributed by atoms with E-state index < -0.39 is 0 Å². The molecule has 5 nitrogen and oxygen atoms in total. The van der Waals surface area contributed by atoms with Gasteiger partial charge in [0.15, 0.2) is 0 Å². The van der Waals surface area contributed by atoms with E-state index in [1.165, 1.54) is 0 Å². The van der Waals surface area contributed by atoms with Crippen LogP contribution in [0.4, 0.5) is 0 Å². The van der Waals surface area contributed by atoms with Gasteiger partial charge < -0.3 is 5.32 Å². The van der Waals surface area contributed by atoms with Crippen molar-refractivity contribution in [2.24, 2.45) is 0 Å². The topological polar surface area (TPSA) is 59.8 Å². The first-order valence-corrected chi connectivity index (χ1v) is 7.50. The molecule has 0 saturated heterocycles. The van der Waals surface area contributed by atoms with E-state index in [0.717, 1.165) is 16.8 Å². The lowest BCUT2D eigenvalue weighted by atomic mass is 10.1. The van der Waals surface area contributed by atoms with Crippen LogP contribution >= 0.6 is 0 Å². The van der Waals surface area contributed by atoms with Crippen molar-refractivity contribution in [1.82, 2.24) is 20.1 Å². The van der Waals surface area contributed by atoms with Crippen molar-refractivity contribution in [2.75, 3.05) is 0 Å². The molecule has 0 aliphatic carbocycles. The van der Waals surface area contributed by atoms with Gasteiger partial charge in [0.05, 0.1) is 24.3 Å². The Kier molecular flexibility index (Phi) is 4.47. The van der Waals surface area contributed by atoms with Gasteiger partial charge in [-0.1, -0.05) is 18.2 Å². The molecule has 0 saturated carbocycles. The van der Waals surface area contributed by atoms with E-state index in [4.69, 9.17) is 0 Å². The monoisotopic (exact) mass is 306 g/mol. The number of benzene rings is 1. The summed E-state index contributed by atoms with van der Waals surface area (Å²) in [6.07, 6.45) is 7.36. The standard InChI is InChI=1S/C18H18N4O/c1-14(16-7-9-19-10-8-16)21-18(23)11-15-12-20-22(13-15)17-5-3-2-4-6-17/h2-10,12-14H,11H2,1H3,(H,21,23)/t14-/m1/s1. The van der Waals surface area contributed by atoms with Crippen LogP contribution in [0.25, 0.3) is 5.69 Å². The fourth-order valence-corrected chi connectivity index (χ4v) is 2.39. The van der Waals surface area contributed by atoms with Crippen molar-refractivity contribution < 1.29 is 4.79 Å². The van der Waals surface area contributed by atoms with Crippen LogP contribution < -0.4 is 5.32 Å². The second kappa shape index (κ2) is 6.87. The lowest BCUT2D eigenvalue weighted by Gasteiger charge is -2.13. The predicted molar refractivity (Wildman–Crippen MR) is 88.1 cm³/mol. The predicted octanol–water partition coefficient (Wildman–Crippen LogP) is 2.69. The van der Waals surface area contributed by atoms with E-state index in [0.29, 0.717) is 6.42 Å². The van der Waals surface area contributed by atoms with Crippen LogP contribution in [0, 0.1) is 0 Å². The van der Waals surface area contributed by atoms with E-state index in [1.807, 2.05) is 55.6 Å². The van der Waals surface area contributed by atoms with Crippen LogP contribution in [0.15, 0.2) is 67.3 Å². The van der Waals surface area contributed by atoms with Crippen LogP contribution in [-0.2, 0) is 11.2 Å². The van der Waals surface area contributed by atoms with Gasteiger partial charge in [-0.25, -0.2) is 4.68 Å². The number of pyridine rings is 1. The van der Waals surface area contributed by atoms with Crippen LogP contribution in [0.1, 0.15) is 24.1 Å².